The summed E-state index contributed by atoms with van der Waals surface area (Å²) in [5, 5.41) is 24.1. The molecule has 0 unspecified atom stereocenters. The lowest BCUT2D eigenvalue weighted by Gasteiger charge is -2.09. The van der Waals surface area contributed by atoms with Gasteiger partial charge in [-0.05, 0) is 24.1 Å². The molecule has 0 aliphatic heterocycles. The summed E-state index contributed by atoms with van der Waals surface area (Å²) in [6.07, 6.45) is -4.55. The van der Waals surface area contributed by atoms with Crippen LogP contribution in [0, 0.1) is 20.2 Å². The van der Waals surface area contributed by atoms with E-state index in [1.165, 1.54) is 12.1 Å². The van der Waals surface area contributed by atoms with Crippen LogP contribution >= 0.6 is 0 Å². The third-order valence-corrected chi connectivity index (χ3v) is 3.44. The molecule has 9 nitrogen and oxygen atoms in total. The Labute approximate surface area is 155 Å². The molecule has 0 saturated carbocycles. The first-order valence-electron chi connectivity index (χ1n) is 7.62. The number of ether oxygens (including phenoxy) is 1. The van der Waals surface area contributed by atoms with Crippen LogP contribution in [0.2, 0.25) is 0 Å². The lowest BCUT2D eigenvalue weighted by molar-refractivity contribution is -0.394. The van der Waals surface area contributed by atoms with Crippen molar-refractivity contribution in [3.05, 3.63) is 73.8 Å². The van der Waals surface area contributed by atoms with E-state index >= 15 is 0 Å². The van der Waals surface area contributed by atoms with Crippen LogP contribution in [0.3, 0.4) is 0 Å². The molecular weight excluding hydrogens is 387 g/mol. The van der Waals surface area contributed by atoms with Gasteiger partial charge < -0.3 is 10.1 Å². The number of benzene rings is 2. The first-order chi connectivity index (χ1) is 13.0. The van der Waals surface area contributed by atoms with E-state index in [2.05, 4.69) is 10.1 Å². The summed E-state index contributed by atoms with van der Waals surface area (Å²) < 4.78 is 40.0. The largest absolute Gasteiger partial charge is 0.573 e. The number of carbonyl (C=O) groups is 1. The van der Waals surface area contributed by atoms with Gasteiger partial charge in [-0.25, -0.2) is 0 Å². The molecule has 1 amide bonds. The normalized spacial score (nSPS) is 11.0. The maximum absolute atomic E-state index is 12.1. The molecule has 12 heteroatoms. The highest BCUT2D eigenvalue weighted by molar-refractivity contribution is 5.95. The van der Waals surface area contributed by atoms with E-state index in [9.17, 15) is 38.2 Å². The summed E-state index contributed by atoms with van der Waals surface area (Å²) in [4.78, 5) is 32.1. The fourth-order valence-corrected chi connectivity index (χ4v) is 2.22. The van der Waals surface area contributed by atoms with Gasteiger partial charge in [0.15, 0.2) is 0 Å². The Morgan fingerprint density at radius 1 is 1.00 bits per heavy atom. The van der Waals surface area contributed by atoms with Crippen molar-refractivity contribution < 1.29 is 32.5 Å². The van der Waals surface area contributed by atoms with E-state index < -0.39 is 33.5 Å². The molecule has 0 radical (unpaired) electrons. The molecule has 0 aromatic heterocycles. The molecule has 0 aliphatic rings. The highest BCUT2D eigenvalue weighted by atomic mass is 19.4. The number of halogens is 3. The number of hydrogen-bond donors (Lipinski definition) is 1. The van der Waals surface area contributed by atoms with Crippen molar-refractivity contribution in [3.63, 3.8) is 0 Å². The molecule has 0 fully saturated rings. The van der Waals surface area contributed by atoms with E-state index in [1.807, 2.05) is 0 Å². The minimum Gasteiger partial charge on any atom is -0.406 e. The van der Waals surface area contributed by atoms with Crippen LogP contribution < -0.4 is 10.1 Å². The molecule has 0 atom stereocenters. The zero-order valence-corrected chi connectivity index (χ0v) is 13.9. The van der Waals surface area contributed by atoms with Gasteiger partial charge in [0, 0.05) is 18.7 Å². The first-order valence-corrected chi connectivity index (χ1v) is 7.62. The Bertz CT molecular complexity index is 867. The third kappa shape index (κ3) is 5.93. The average Bonchev–Trinajstić information content (AvgIpc) is 2.61. The van der Waals surface area contributed by atoms with Gasteiger partial charge in [-0.1, -0.05) is 12.1 Å². The van der Waals surface area contributed by atoms with Crippen molar-refractivity contribution in [3.8, 4) is 5.75 Å². The molecule has 2 aromatic rings. The van der Waals surface area contributed by atoms with E-state index in [-0.39, 0.29) is 24.3 Å². The van der Waals surface area contributed by atoms with Crippen LogP contribution in [-0.4, -0.2) is 28.7 Å². The molecule has 0 heterocycles. The molecule has 2 rings (SSSR count). The number of non-ortho nitro benzene ring substituents is 2. The summed E-state index contributed by atoms with van der Waals surface area (Å²) in [7, 11) is 0. The van der Waals surface area contributed by atoms with Gasteiger partial charge in [0.25, 0.3) is 17.3 Å². The van der Waals surface area contributed by atoms with Crippen LogP contribution in [0.4, 0.5) is 24.5 Å². The monoisotopic (exact) mass is 399 g/mol. The Morgan fingerprint density at radius 3 is 2.00 bits per heavy atom. The molecule has 28 heavy (non-hydrogen) atoms. The Balaban J connectivity index is 1.99. The fourth-order valence-electron chi connectivity index (χ4n) is 2.22. The third-order valence-electron chi connectivity index (χ3n) is 3.44. The Morgan fingerprint density at radius 2 is 1.54 bits per heavy atom. The number of nitro groups is 2. The predicted octanol–water partition coefficient (Wildman–Crippen LogP) is 3.37. The smallest absolute Gasteiger partial charge is 0.406 e. The van der Waals surface area contributed by atoms with Gasteiger partial charge in [0.2, 0.25) is 0 Å². The molecule has 0 bridgehead atoms. The number of nitrogens with one attached hydrogen (secondary N) is 1. The van der Waals surface area contributed by atoms with Gasteiger partial charge in [-0.15, -0.1) is 13.2 Å². The number of rotatable bonds is 7. The van der Waals surface area contributed by atoms with E-state index in [1.54, 1.807) is 0 Å². The first kappa shape index (κ1) is 20.6. The van der Waals surface area contributed by atoms with E-state index in [0.717, 1.165) is 30.3 Å². The number of nitro benzene ring substituents is 2. The number of amides is 1. The van der Waals surface area contributed by atoms with Crippen LogP contribution in [0.15, 0.2) is 42.5 Å². The van der Waals surface area contributed by atoms with Gasteiger partial charge in [-0.3, -0.25) is 25.0 Å². The second kappa shape index (κ2) is 8.33. The van der Waals surface area contributed by atoms with Crippen LogP contribution in [0.1, 0.15) is 15.9 Å². The highest BCUT2D eigenvalue weighted by Crippen LogP contribution is 2.24. The quantitative estimate of drug-likeness (QED) is 0.562. The summed E-state index contributed by atoms with van der Waals surface area (Å²) in [6, 6.07) is 7.55. The zero-order valence-electron chi connectivity index (χ0n) is 13.9. The van der Waals surface area contributed by atoms with Crippen molar-refractivity contribution in [2.24, 2.45) is 0 Å². The van der Waals surface area contributed by atoms with Gasteiger partial charge in [0.05, 0.1) is 21.5 Å². The van der Waals surface area contributed by atoms with Crippen molar-refractivity contribution in [1.82, 2.24) is 5.32 Å². The standard InChI is InChI=1S/C16H12F3N3O6/c17-16(18,19)28-14-3-1-10(2-4-14)5-6-20-15(23)11-7-12(21(24)25)9-13(8-11)22(26)27/h1-4,7-9H,5-6H2,(H,20,23). The van der Waals surface area contributed by atoms with E-state index in [0.29, 0.717) is 5.56 Å². The van der Waals surface area contributed by atoms with Crippen LogP contribution in [0.5, 0.6) is 5.75 Å². The molecular formula is C16H12F3N3O6. The second-order valence-corrected chi connectivity index (χ2v) is 5.45. The fraction of sp³-hybridized carbons (Fsp3) is 0.188. The van der Waals surface area contributed by atoms with Gasteiger partial charge in [0.1, 0.15) is 5.75 Å². The molecule has 1 N–H and O–H groups in total. The highest BCUT2D eigenvalue weighted by Gasteiger charge is 2.30. The number of alkyl halides is 3. The van der Waals surface area contributed by atoms with Gasteiger partial charge >= 0.3 is 6.36 Å². The summed E-state index contributed by atoms with van der Waals surface area (Å²) >= 11 is 0. The SMILES string of the molecule is O=C(NCCc1ccc(OC(F)(F)F)cc1)c1cc([N+](=O)[O-])cc([N+](=O)[O-])c1. The number of nitrogens with zero attached hydrogens (tertiary/aromatic N) is 2. The van der Waals surface area contributed by atoms with Crippen LogP contribution in [0.25, 0.3) is 0 Å². The average molecular weight is 399 g/mol. The minimum atomic E-state index is -4.80. The molecule has 0 aliphatic carbocycles. The Hall–Kier alpha value is -3.70. The number of hydrogen-bond acceptors (Lipinski definition) is 6. The lowest BCUT2D eigenvalue weighted by Crippen LogP contribution is -2.25. The minimum absolute atomic E-state index is 0.0504. The summed E-state index contributed by atoms with van der Waals surface area (Å²) in [6.45, 7) is 0.0504. The Kier molecular flexibility index (Phi) is 6.13. The van der Waals surface area contributed by atoms with Gasteiger partial charge in [-0.2, -0.15) is 0 Å². The van der Waals surface area contributed by atoms with Crippen molar-refractivity contribution in [1.29, 1.82) is 0 Å². The van der Waals surface area contributed by atoms with E-state index in [4.69, 9.17) is 0 Å². The lowest BCUT2D eigenvalue weighted by atomic mass is 10.1. The van der Waals surface area contributed by atoms with Crippen molar-refractivity contribution in [2.75, 3.05) is 6.54 Å². The maximum atomic E-state index is 12.1. The molecule has 2 aromatic carbocycles. The van der Waals surface area contributed by atoms with Crippen molar-refractivity contribution in [2.45, 2.75) is 12.8 Å². The topological polar surface area (TPSA) is 125 Å². The second-order valence-electron chi connectivity index (χ2n) is 5.45. The number of carbonyl (C=O) groups excluding carboxylic acids is 1. The summed E-state index contributed by atoms with van der Waals surface area (Å²) in [5.41, 5.74) is -0.853. The molecule has 0 saturated heterocycles. The van der Waals surface area contributed by atoms with Crippen LogP contribution in [-0.2, 0) is 6.42 Å². The molecule has 148 valence electrons. The van der Waals surface area contributed by atoms with Crippen molar-refractivity contribution >= 4 is 17.3 Å². The zero-order chi connectivity index (χ0) is 20.9. The maximum Gasteiger partial charge on any atom is 0.573 e. The molecule has 0 spiro atoms. The summed E-state index contributed by atoms with van der Waals surface area (Å²) in [5.74, 6) is -1.15. The predicted molar refractivity (Wildman–Crippen MR) is 88.9 cm³/mol.